The zero-order valence-electron chi connectivity index (χ0n) is 14.7. The summed E-state index contributed by atoms with van der Waals surface area (Å²) in [6.45, 7) is 5.84. The quantitative estimate of drug-likeness (QED) is 0.624. The topological polar surface area (TPSA) is 66.5 Å². The van der Waals surface area contributed by atoms with E-state index in [0.717, 1.165) is 21.5 Å². The van der Waals surface area contributed by atoms with Gasteiger partial charge in [0.15, 0.2) is 0 Å². The van der Waals surface area contributed by atoms with Crippen molar-refractivity contribution in [1.29, 1.82) is 0 Å². The third kappa shape index (κ3) is 3.80. The summed E-state index contributed by atoms with van der Waals surface area (Å²) in [5.74, 6) is 0.0981. The predicted molar refractivity (Wildman–Crippen MR) is 103 cm³/mol. The second-order valence-corrected chi connectivity index (χ2v) is 6.87. The number of benzene rings is 1. The van der Waals surface area contributed by atoms with E-state index in [-0.39, 0.29) is 5.82 Å². The third-order valence-electron chi connectivity index (χ3n) is 3.95. The first-order valence-electron chi connectivity index (χ1n) is 8.33. The van der Waals surface area contributed by atoms with Gasteiger partial charge in [0.05, 0.1) is 10.5 Å². The number of aromatic nitrogens is 1. The molecule has 130 valence electrons. The summed E-state index contributed by atoms with van der Waals surface area (Å²) in [4.78, 5) is 11.1. The van der Waals surface area contributed by atoms with Crippen molar-refractivity contribution in [2.45, 2.75) is 50.3 Å². The van der Waals surface area contributed by atoms with E-state index in [1.54, 1.807) is 18.8 Å². The first-order valence-corrected chi connectivity index (χ1v) is 9.21. The fourth-order valence-electron chi connectivity index (χ4n) is 2.62. The first-order chi connectivity index (χ1) is 11.6. The summed E-state index contributed by atoms with van der Waals surface area (Å²) in [5, 5.41) is 2.41. The molecule has 0 radical (unpaired) electrons. The molecule has 1 saturated carbocycles. The lowest BCUT2D eigenvalue weighted by atomic mass is 10.0. The summed E-state index contributed by atoms with van der Waals surface area (Å²) in [7, 11) is 1.63. The fraction of sp³-hybridized carbons (Fsp3) is 0.444. The van der Waals surface area contributed by atoms with Gasteiger partial charge in [-0.3, -0.25) is 4.99 Å². The van der Waals surface area contributed by atoms with E-state index in [4.69, 9.17) is 5.73 Å². The Morgan fingerprint density at radius 1 is 1.38 bits per heavy atom. The molecule has 1 aliphatic rings. The maximum absolute atomic E-state index is 14.2. The van der Waals surface area contributed by atoms with Crippen LogP contribution < -0.4 is 5.73 Å². The minimum absolute atomic E-state index is 0.256. The highest BCUT2D eigenvalue weighted by molar-refractivity contribution is 7.99. The lowest BCUT2D eigenvalue weighted by Gasteiger charge is -2.23. The van der Waals surface area contributed by atoms with E-state index >= 15 is 0 Å². The molecule has 0 aliphatic heterocycles. The summed E-state index contributed by atoms with van der Waals surface area (Å²) in [6.07, 6.45) is 5.14. The Morgan fingerprint density at radius 2 is 2.08 bits per heavy atom. The molecule has 0 bridgehead atoms. The zero-order valence-corrected chi connectivity index (χ0v) is 15.5. The third-order valence-corrected chi connectivity index (χ3v) is 5.23. The van der Waals surface area contributed by atoms with Crippen LogP contribution in [0.15, 0.2) is 27.1 Å². The van der Waals surface area contributed by atoms with Gasteiger partial charge in [-0.05, 0) is 37.5 Å². The predicted octanol–water partition coefficient (Wildman–Crippen LogP) is 4.65. The van der Waals surface area contributed by atoms with E-state index in [1.165, 1.54) is 31.7 Å². The van der Waals surface area contributed by atoms with Crippen LogP contribution in [0.1, 0.15) is 44.2 Å². The highest BCUT2D eigenvalue weighted by atomic mass is 32.2. The smallest absolute Gasteiger partial charge is 0.147 e. The molecule has 24 heavy (non-hydrogen) atoms. The van der Waals surface area contributed by atoms with Crippen LogP contribution in [-0.4, -0.2) is 29.5 Å². The summed E-state index contributed by atoms with van der Waals surface area (Å²) >= 11 is 1.78. The largest absolute Gasteiger partial charge is 0.383 e. The molecule has 1 aliphatic carbocycles. The number of thioether (sulfide) groups is 1. The van der Waals surface area contributed by atoms with Crippen molar-refractivity contribution in [3.05, 3.63) is 29.1 Å². The number of aliphatic imine (C=N–C) groups is 2. The molecule has 1 heterocycles. The minimum atomic E-state index is -0.256. The van der Waals surface area contributed by atoms with Crippen molar-refractivity contribution in [1.82, 2.24) is 4.98 Å². The lowest BCUT2D eigenvalue weighted by Crippen LogP contribution is -2.15. The molecule has 0 amide bonds. The molecule has 6 heteroatoms. The van der Waals surface area contributed by atoms with Gasteiger partial charge < -0.3 is 10.7 Å². The number of H-pyrrole nitrogens is 1. The van der Waals surface area contributed by atoms with E-state index < -0.39 is 0 Å². The van der Waals surface area contributed by atoms with Crippen molar-refractivity contribution in [3.8, 4) is 0 Å². The van der Waals surface area contributed by atoms with Gasteiger partial charge in [0.2, 0.25) is 0 Å². The average molecular weight is 348 g/mol. The summed E-state index contributed by atoms with van der Waals surface area (Å²) in [5.41, 5.74) is 8.10. The van der Waals surface area contributed by atoms with Crippen molar-refractivity contribution in [2.75, 3.05) is 7.05 Å². The Kier molecular flexibility index (Phi) is 6.43. The highest BCUT2D eigenvalue weighted by Gasteiger charge is 2.21. The molecule has 0 saturated heterocycles. The standard InChI is InChI=1S/C16H19FN4S.C2H6/c1-9-6-12(17)15-11(14(9)16(18)20-8-19-2)7-13(21-15)22-10-4-3-5-10;1-2/h6-8,10,21H,3-5H2,1-2H3,(H2,18,19,20);1-2H3. The maximum atomic E-state index is 14.2. The fourth-order valence-corrected chi connectivity index (χ4v) is 3.89. The SMILES string of the molecule is CC.CN=CN=C(N)c1c(C)cc(F)c2[nH]c(SC3CCC3)cc12. The van der Waals surface area contributed by atoms with Crippen LogP contribution in [0.5, 0.6) is 0 Å². The monoisotopic (exact) mass is 348 g/mol. The van der Waals surface area contributed by atoms with Gasteiger partial charge in [0.25, 0.3) is 0 Å². The van der Waals surface area contributed by atoms with Gasteiger partial charge in [-0.1, -0.05) is 20.3 Å². The Labute approximate surface area is 146 Å². The number of hydrogen-bond acceptors (Lipinski definition) is 2. The zero-order chi connectivity index (χ0) is 17.7. The van der Waals surface area contributed by atoms with Crippen LogP contribution in [-0.2, 0) is 0 Å². The van der Waals surface area contributed by atoms with Gasteiger partial charge in [-0.2, -0.15) is 0 Å². The Bertz CT molecular complexity index is 760. The lowest BCUT2D eigenvalue weighted by molar-refractivity contribution is 0.522. The van der Waals surface area contributed by atoms with Crippen LogP contribution in [0.4, 0.5) is 4.39 Å². The number of aryl methyl sites for hydroxylation is 1. The van der Waals surface area contributed by atoms with Crippen molar-refractivity contribution >= 4 is 34.8 Å². The number of nitrogens with zero attached hydrogens (tertiary/aromatic N) is 2. The van der Waals surface area contributed by atoms with E-state index in [9.17, 15) is 4.39 Å². The van der Waals surface area contributed by atoms with Crippen molar-refractivity contribution in [2.24, 2.45) is 15.7 Å². The second kappa shape index (κ2) is 8.33. The second-order valence-electron chi connectivity index (χ2n) is 5.53. The molecule has 3 N–H and O–H groups in total. The molecular weight excluding hydrogens is 323 g/mol. The summed E-state index contributed by atoms with van der Waals surface area (Å²) < 4.78 is 14.2. The molecular formula is C18H25FN4S. The number of fused-ring (bicyclic) bond motifs is 1. The first kappa shape index (κ1) is 18.5. The molecule has 4 nitrogen and oxygen atoms in total. The molecule has 1 fully saturated rings. The van der Waals surface area contributed by atoms with E-state index in [0.29, 0.717) is 16.6 Å². The van der Waals surface area contributed by atoms with Gasteiger partial charge in [0, 0.05) is 23.2 Å². The molecule has 0 atom stereocenters. The van der Waals surface area contributed by atoms with Gasteiger partial charge in [-0.15, -0.1) is 11.8 Å². The Hall–Kier alpha value is -1.82. The number of hydrogen-bond donors (Lipinski definition) is 2. The molecule has 1 aromatic carbocycles. The highest BCUT2D eigenvalue weighted by Crippen LogP contribution is 2.38. The van der Waals surface area contributed by atoms with Crippen LogP contribution in [0, 0.1) is 12.7 Å². The van der Waals surface area contributed by atoms with Gasteiger partial charge in [0.1, 0.15) is 18.0 Å². The minimum Gasteiger partial charge on any atom is -0.383 e. The van der Waals surface area contributed by atoms with Crippen LogP contribution in [0.2, 0.25) is 0 Å². The van der Waals surface area contributed by atoms with Gasteiger partial charge in [-0.25, -0.2) is 9.38 Å². The summed E-state index contributed by atoms with van der Waals surface area (Å²) in [6, 6.07) is 3.48. The number of nitrogens with one attached hydrogen (secondary N) is 1. The number of nitrogens with two attached hydrogens (primary N) is 1. The average Bonchev–Trinajstić information content (AvgIpc) is 2.95. The van der Waals surface area contributed by atoms with E-state index in [2.05, 4.69) is 15.0 Å². The van der Waals surface area contributed by atoms with Crippen LogP contribution in [0.3, 0.4) is 0 Å². The maximum Gasteiger partial charge on any atom is 0.147 e. The Morgan fingerprint density at radius 3 is 2.67 bits per heavy atom. The number of rotatable bonds is 4. The Balaban J connectivity index is 0.00000100. The van der Waals surface area contributed by atoms with Gasteiger partial charge >= 0.3 is 0 Å². The number of amidine groups is 1. The molecule has 0 unspecified atom stereocenters. The van der Waals surface area contributed by atoms with Crippen molar-refractivity contribution in [3.63, 3.8) is 0 Å². The van der Waals surface area contributed by atoms with Crippen LogP contribution in [0.25, 0.3) is 10.9 Å². The normalized spacial score (nSPS) is 15.5. The van der Waals surface area contributed by atoms with Crippen LogP contribution >= 0.6 is 11.8 Å². The number of halogens is 1. The molecule has 2 aromatic rings. The molecule has 3 rings (SSSR count). The van der Waals surface area contributed by atoms with Crippen molar-refractivity contribution < 1.29 is 4.39 Å². The molecule has 0 spiro atoms. The number of aromatic amines is 1. The van der Waals surface area contributed by atoms with E-state index in [1.807, 2.05) is 26.8 Å². The molecule has 1 aromatic heterocycles.